The van der Waals surface area contributed by atoms with Crippen molar-refractivity contribution in [2.24, 2.45) is 0 Å². The summed E-state index contributed by atoms with van der Waals surface area (Å²) in [5, 5.41) is 3.78. The Bertz CT molecular complexity index is 819. The number of anilines is 1. The van der Waals surface area contributed by atoms with Crippen LogP contribution in [0.15, 0.2) is 42.5 Å². The smallest absolute Gasteiger partial charge is 0.272 e. The number of nitrogens with one attached hydrogen (secondary N) is 2. The van der Waals surface area contributed by atoms with Crippen LogP contribution >= 0.6 is 0 Å². The lowest BCUT2D eigenvalue weighted by molar-refractivity contribution is 0.102. The molecule has 2 aromatic carbocycles. The van der Waals surface area contributed by atoms with Gasteiger partial charge in [-0.1, -0.05) is 6.07 Å². The van der Waals surface area contributed by atoms with E-state index in [4.69, 9.17) is 0 Å². The van der Waals surface area contributed by atoms with Gasteiger partial charge >= 0.3 is 0 Å². The van der Waals surface area contributed by atoms with E-state index in [-0.39, 0.29) is 11.7 Å². The molecule has 0 spiro atoms. The maximum atomic E-state index is 12.9. The first kappa shape index (κ1) is 13.4. The van der Waals surface area contributed by atoms with Crippen molar-refractivity contribution in [3.8, 4) is 0 Å². The molecule has 0 aliphatic rings. The summed E-state index contributed by atoms with van der Waals surface area (Å²) in [4.78, 5) is 15.4. The molecule has 21 heavy (non-hydrogen) atoms. The first-order chi connectivity index (χ1) is 10.0. The van der Waals surface area contributed by atoms with E-state index in [2.05, 4.69) is 16.4 Å². The maximum Gasteiger partial charge on any atom is 0.272 e. The molecule has 0 atom stereocenters. The number of halogens is 1. The molecule has 0 radical (unpaired) electrons. The molecule has 3 nitrogen and oxygen atoms in total. The zero-order chi connectivity index (χ0) is 15.0. The summed E-state index contributed by atoms with van der Waals surface area (Å²) in [6, 6.07) is 11.6. The molecule has 1 aromatic heterocycles. The maximum absolute atomic E-state index is 12.9. The van der Waals surface area contributed by atoms with Crippen LogP contribution in [0.4, 0.5) is 10.1 Å². The van der Waals surface area contributed by atoms with Crippen molar-refractivity contribution >= 4 is 22.5 Å². The Hall–Kier alpha value is -2.62. The molecule has 0 bridgehead atoms. The van der Waals surface area contributed by atoms with E-state index < -0.39 is 0 Å². The van der Waals surface area contributed by atoms with Crippen LogP contribution in [-0.4, -0.2) is 10.9 Å². The fraction of sp³-hybridized carbons (Fsp3) is 0.118. The summed E-state index contributed by atoms with van der Waals surface area (Å²) in [7, 11) is 0. The Morgan fingerprint density at radius 1 is 1.10 bits per heavy atom. The van der Waals surface area contributed by atoms with E-state index in [1.807, 2.05) is 26.0 Å². The van der Waals surface area contributed by atoms with Crippen molar-refractivity contribution in [1.82, 2.24) is 4.98 Å². The predicted octanol–water partition coefficient (Wildman–Crippen LogP) is 4.18. The van der Waals surface area contributed by atoms with Gasteiger partial charge in [0.1, 0.15) is 11.5 Å². The topological polar surface area (TPSA) is 44.9 Å². The molecule has 0 aliphatic heterocycles. The first-order valence-electron chi connectivity index (χ1n) is 6.70. The molecule has 0 saturated carbocycles. The highest BCUT2D eigenvalue weighted by atomic mass is 19.1. The van der Waals surface area contributed by atoms with Gasteiger partial charge in [0.25, 0.3) is 5.91 Å². The lowest BCUT2D eigenvalue weighted by Crippen LogP contribution is -2.12. The zero-order valence-electron chi connectivity index (χ0n) is 11.8. The minimum atomic E-state index is -0.329. The lowest BCUT2D eigenvalue weighted by Gasteiger charge is -2.02. The fourth-order valence-electron chi connectivity index (χ4n) is 2.45. The van der Waals surface area contributed by atoms with Crippen LogP contribution in [0.25, 0.3) is 10.9 Å². The standard InChI is InChI=1S/C17H15FN2O/c1-10-7-11(2)14-9-16(20-15(14)8-10)17(21)19-13-5-3-12(18)4-6-13/h3-9,20H,1-2H3,(H,19,21). The van der Waals surface area contributed by atoms with Crippen LogP contribution in [0.1, 0.15) is 21.6 Å². The van der Waals surface area contributed by atoms with Crippen molar-refractivity contribution in [3.63, 3.8) is 0 Å². The number of hydrogen-bond donors (Lipinski definition) is 2. The third-order valence-corrected chi connectivity index (χ3v) is 3.44. The van der Waals surface area contributed by atoms with Gasteiger partial charge in [0.05, 0.1) is 0 Å². The first-order valence-corrected chi connectivity index (χ1v) is 6.70. The van der Waals surface area contributed by atoms with Gasteiger partial charge in [-0.25, -0.2) is 4.39 Å². The van der Waals surface area contributed by atoms with Gasteiger partial charge in [-0.15, -0.1) is 0 Å². The van der Waals surface area contributed by atoms with Crippen LogP contribution < -0.4 is 5.32 Å². The molecule has 1 heterocycles. The summed E-state index contributed by atoms with van der Waals surface area (Å²) in [5.74, 6) is -0.570. The van der Waals surface area contributed by atoms with Crippen LogP contribution in [0, 0.1) is 19.7 Å². The summed E-state index contributed by atoms with van der Waals surface area (Å²) in [5.41, 5.74) is 4.27. The van der Waals surface area contributed by atoms with Crippen molar-refractivity contribution < 1.29 is 9.18 Å². The number of carbonyl (C=O) groups excluding carboxylic acids is 1. The molecular weight excluding hydrogens is 267 g/mol. The summed E-state index contributed by atoms with van der Waals surface area (Å²) in [6.45, 7) is 4.04. The van der Waals surface area contributed by atoms with Crippen LogP contribution in [0.2, 0.25) is 0 Å². The molecule has 3 aromatic rings. The van der Waals surface area contributed by atoms with Gasteiger partial charge in [0, 0.05) is 16.6 Å². The van der Waals surface area contributed by atoms with Gasteiger partial charge in [0.15, 0.2) is 0 Å². The zero-order valence-corrected chi connectivity index (χ0v) is 11.8. The number of fused-ring (bicyclic) bond motifs is 1. The second-order valence-electron chi connectivity index (χ2n) is 5.19. The van der Waals surface area contributed by atoms with Crippen LogP contribution in [0.5, 0.6) is 0 Å². The van der Waals surface area contributed by atoms with Crippen molar-refractivity contribution in [1.29, 1.82) is 0 Å². The molecule has 3 rings (SSSR count). The third-order valence-electron chi connectivity index (χ3n) is 3.44. The average Bonchev–Trinajstić information content (AvgIpc) is 2.85. The Kier molecular flexibility index (Phi) is 3.22. The molecule has 1 amide bonds. The van der Waals surface area contributed by atoms with Crippen LogP contribution in [0.3, 0.4) is 0 Å². The van der Waals surface area contributed by atoms with E-state index in [0.29, 0.717) is 11.4 Å². The Labute approximate surface area is 121 Å². The SMILES string of the molecule is Cc1cc(C)c2cc(C(=O)Nc3ccc(F)cc3)[nH]c2c1. The molecule has 106 valence electrons. The number of benzene rings is 2. The highest BCUT2D eigenvalue weighted by Gasteiger charge is 2.11. The summed E-state index contributed by atoms with van der Waals surface area (Å²) in [6.07, 6.45) is 0. The van der Waals surface area contributed by atoms with E-state index in [9.17, 15) is 9.18 Å². The number of aromatic amines is 1. The van der Waals surface area contributed by atoms with E-state index in [0.717, 1.165) is 22.0 Å². The summed E-state index contributed by atoms with van der Waals surface area (Å²) < 4.78 is 12.9. The number of carbonyl (C=O) groups is 1. The predicted molar refractivity (Wildman–Crippen MR) is 82.1 cm³/mol. The van der Waals surface area contributed by atoms with E-state index in [1.165, 1.54) is 24.3 Å². The largest absolute Gasteiger partial charge is 0.351 e. The lowest BCUT2D eigenvalue weighted by atomic mass is 10.1. The molecule has 4 heteroatoms. The van der Waals surface area contributed by atoms with Gasteiger partial charge < -0.3 is 10.3 Å². The number of H-pyrrole nitrogens is 1. The molecule has 0 saturated heterocycles. The second kappa shape index (κ2) is 5.05. The van der Waals surface area contributed by atoms with Crippen molar-refractivity contribution in [3.05, 3.63) is 65.1 Å². The van der Waals surface area contributed by atoms with Crippen molar-refractivity contribution in [2.75, 3.05) is 5.32 Å². The van der Waals surface area contributed by atoms with E-state index in [1.54, 1.807) is 0 Å². The Morgan fingerprint density at radius 2 is 1.81 bits per heavy atom. The summed E-state index contributed by atoms with van der Waals surface area (Å²) >= 11 is 0. The number of hydrogen-bond acceptors (Lipinski definition) is 1. The molecule has 0 aliphatic carbocycles. The molecule has 0 fully saturated rings. The molecule has 0 unspecified atom stereocenters. The Morgan fingerprint density at radius 3 is 2.52 bits per heavy atom. The average molecular weight is 282 g/mol. The van der Waals surface area contributed by atoms with E-state index >= 15 is 0 Å². The monoisotopic (exact) mass is 282 g/mol. The van der Waals surface area contributed by atoms with Gasteiger partial charge in [-0.05, 0) is 61.4 Å². The highest BCUT2D eigenvalue weighted by molar-refractivity contribution is 6.06. The number of aryl methyl sites for hydroxylation is 2. The second-order valence-corrected chi connectivity index (χ2v) is 5.19. The number of amides is 1. The minimum Gasteiger partial charge on any atom is -0.351 e. The quantitative estimate of drug-likeness (QED) is 0.727. The van der Waals surface area contributed by atoms with Crippen molar-refractivity contribution in [2.45, 2.75) is 13.8 Å². The fourth-order valence-corrected chi connectivity index (χ4v) is 2.45. The molecular formula is C17H15FN2O. The normalized spacial score (nSPS) is 10.8. The van der Waals surface area contributed by atoms with Crippen LogP contribution in [-0.2, 0) is 0 Å². The minimum absolute atomic E-state index is 0.241. The molecule has 2 N–H and O–H groups in total. The third kappa shape index (κ3) is 2.65. The number of rotatable bonds is 2. The van der Waals surface area contributed by atoms with Gasteiger partial charge in [-0.3, -0.25) is 4.79 Å². The highest BCUT2D eigenvalue weighted by Crippen LogP contribution is 2.22. The Balaban J connectivity index is 1.91. The number of aromatic nitrogens is 1. The van der Waals surface area contributed by atoms with Gasteiger partial charge in [0.2, 0.25) is 0 Å². The van der Waals surface area contributed by atoms with Gasteiger partial charge in [-0.2, -0.15) is 0 Å².